The van der Waals surface area contributed by atoms with Gasteiger partial charge >= 0.3 is 0 Å². The molecule has 34 heavy (non-hydrogen) atoms. The van der Waals surface area contributed by atoms with E-state index < -0.39 is 0 Å². The molecular formula is C23H22N8O3. The molecule has 0 spiro atoms. The van der Waals surface area contributed by atoms with Crippen LogP contribution in [0.25, 0.3) is 11.2 Å². The minimum Gasteiger partial charge on any atom is -0.497 e. The molecule has 0 amide bonds. The molecule has 0 radical (unpaired) electrons. The lowest BCUT2D eigenvalue weighted by Crippen LogP contribution is -2.47. The molecular weight excluding hydrogens is 436 g/mol. The van der Waals surface area contributed by atoms with Gasteiger partial charge in [-0.25, -0.2) is 9.97 Å². The van der Waals surface area contributed by atoms with Crippen molar-refractivity contribution in [2.24, 2.45) is 0 Å². The normalized spacial score (nSPS) is 13.7. The number of hydrogen-bond donors (Lipinski definition) is 1. The number of piperazine rings is 1. The Morgan fingerprint density at radius 2 is 1.59 bits per heavy atom. The van der Waals surface area contributed by atoms with Crippen molar-refractivity contribution in [3.63, 3.8) is 0 Å². The summed E-state index contributed by atoms with van der Waals surface area (Å²) in [6, 6.07) is 14.2. The minimum absolute atomic E-state index is 0.0879. The van der Waals surface area contributed by atoms with Crippen molar-refractivity contribution in [3.8, 4) is 5.75 Å². The van der Waals surface area contributed by atoms with Crippen molar-refractivity contribution < 1.29 is 9.66 Å². The number of hydrogen-bond acceptors (Lipinski definition) is 10. The molecule has 0 bridgehead atoms. The van der Waals surface area contributed by atoms with Gasteiger partial charge in [0.05, 0.1) is 12.0 Å². The van der Waals surface area contributed by atoms with E-state index in [1.54, 1.807) is 31.6 Å². The number of ether oxygens (including phenoxy) is 1. The van der Waals surface area contributed by atoms with Gasteiger partial charge in [0.25, 0.3) is 5.69 Å². The second kappa shape index (κ2) is 9.14. The summed E-state index contributed by atoms with van der Waals surface area (Å²) in [4.78, 5) is 33.0. The van der Waals surface area contributed by atoms with Crippen LogP contribution >= 0.6 is 0 Å². The van der Waals surface area contributed by atoms with E-state index in [4.69, 9.17) is 9.72 Å². The third-order valence-corrected chi connectivity index (χ3v) is 5.66. The molecule has 172 valence electrons. The Bertz CT molecular complexity index is 1310. The zero-order chi connectivity index (χ0) is 23.5. The molecule has 4 aromatic rings. The van der Waals surface area contributed by atoms with Crippen LogP contribution in [-0.2, 0) is 0 Å². The van der Waals surface area contributed by atoms with Crippen LogP contribution < -0.4 is 19.9 Å². The number of methoxy groups -OCH3 is 1. The Hall–Kier alpha value is -4.54. The van der Waals surface area contributed by atoms with Crippen molar-refractivity contribution in [3.05, 3.63) is 71.0 Å². The van der Waals surface area contributed by atoms with Crippen LogP contribution in [0.5, 0.6) is 5.75 Å². The zero-order valence-corrected chi connectivity index (χ0v) is 18.5. The molecule has 0 aliphatic carbocycles. The summed E-state index contributed by atoms with van der Waals surface area (Å²) in [5, 5.41) is 14.2. The molecule has 1 fully saturated rings. The van der Waals surface area contributed by atoms with Gasteiger partial charge in [-0.1, -0.05) is 0 Å². The van der Waals surface area contributed by atoms with E-state index in [2.05, 4.69) is 30.1 Å². The summed E-state index contributed by atoms with van der Waals surface area (Å²) < 4.78 is 5.23. The molecule has 3 heterocycles. The Morgan fingerprint density at radius 1 is 0.912 bits per heavy atom. The van der Waals surface area contributed by atoms with Gasteiger partial charge in [-0.3, -0.25) is 10.1 Å². The number of rotatable bonds is 6. The quantitative estimate of drug-likeness (QED) is 0.340. The SMILES string of the molecule is COc1ccc(Nc2nc(N3CCN(c4ccc([N+](=O)[O-])cc4)CC3)nc3nccnc23)cc1. The Balaban J connectivity index is 1.36. The molecule has 1 aliphatic rings. The number of nitro groups is 1. The fraction of sp³-hybridized carbons (Fsp3) is 0.217. The number of nitro benzene ring substituents is 1. The van der Waals surface area contributed by atoms with Crippen LogP contribution in [0.1, 0.15) is 0 Å². The fourth-order valence-corrected chi connectivity index (χ4v) is 3.84. The molecule has 0 atom stereocenters. The van der Waals surface area contributed by atoms with Crippen LogP contribution in [0.3, 0.4) is 0 Å². The first-order chi connectivity index (χ1) is 16.6. The van der Waals surface area contributed by atoms with Crippen molar-refractivity contribution in [1.82, 2.24) is 19.9 Å². The van der Waals surface area contributed by atoms with E-state index in [1.807, 2.05) is 24.3 Å². The number of nitrogens with one attached hydrogen (secondary N) is 1. The van der Waals surface area contributed by atoms with E-state index in [0.29, 0.717) is 36.0 Å². The van der Waals surface area contributed by atoms with Gasteiger partial charge in [0.15, 0.2) is 17.0 Å². The van der Waals surface area contributed by atoms with Gasteiger partial charge in [0.1, 0.15) is 5.75 Å². The van der Waals surface area contributed by atoms with Crippen LogP contribution in [0.2, 0.25) is 0 Å². The Labute approximate surface area is 195 Å². The van der Waals surface area contributed by atoms with Crippen LogP contribution in [0, 0.1) is 10.1 Å². The first-order valence-corrected chi connectivity index (χ1v) is 10.7. The minimum atomic E-state index is -0.390. The number of anilines is 4. The van der Waals surface area contributed by atoms with Gasteiger partial charge in [-0.2, -0.15) is 9.97 Å². The fourth-order valence-electron chi connectivity index (χ4n) is 3.84. The highest BCUT2D eigenvalue weighted by atomic mass is 16.6. The second-order valence-electron chi connectivity index (χ2n) is 7.70. The van der Waals surface area contributed by atoms with Crippen molar-refractivity contribution in [2.45, 2.75) is 0 Å². The summed E-state index contributed by atoms with van der Waals surface area (Å²) in [6.45, 7) is 2.87. The first kappa shape index (κ1) is 21.3. The zero-order valence-electron chi connectivity index (χ0n) is 18.5. The van der Waals surface area contributed by atoms with Gasteiger partial charge in [0.2, 0.25) is 5.95 Å². The van der Waals surface area contributed by atoms with Crippen molar-refractivity contribution in [1.29, 1.82) is 0 Å². The molecule has 0 saturated carbocycles. The van der Waals surface area contributed by atoms with E-state index in [-0.39, 0.29) is 10.6 Å². The lowest BCUT2D eigenvalue weighted by Gasteiger charge is -2.36. The monoisotopic (exact) mass is 458 g/mol. The number of nitrogens with zero attached hydrogens (tertiary/aromatic N) is 7. The Kier molecular flexibility index (Phi) is 5.73. The smallest absolute Gasteiger partial charge is 0.269 e. The molecule has 5 rings (SSSR count). The molecule has 11 heteroatoms. The maximum Gasteiger partial charge on any atom is 0.269 e. The summed E-state index contributed by atoms with van der Waals surface area (Å²) in [6.07, 6.45) is 3.23. The summed E-state index contributed by atoms with van der Waals surface area (Å²) in [5.74, 6) is 1.92. The highest BCUT2D eigenvalue weighted by molar-refractivity contribution is 5.85. The predicted octanol–water partition coefficient (Wildman–Crippen LogP) is 3.41. The van der Waals surface area contributed by atoms with E-state index in [9.17, 15) is 10.1 Å². The standard InChI is InChI=1S/C23H22N8O3/c1-34-19-8-2-16(3-9-19)26-22-20-21(25-11-10-24-20)27-23(28-22)30-14-12-29(13-15-30)17-4-6-18(7-5-17)31(32)33/h2-11H,12-15H2,1H3,(H,25,26,27,28). The van der Waals surface area contributed by atoms with E-state index in [0.717, 1.165) is 30.2 Å². The third kappa shape index (κ3) is 4.35. The number of non-ortho nitro benzene ring substituents is 1. The van der Waals surface area contributed by atoms with Gasteiger partial charge in [0, 0.05) is 62.1 Å². The van der Waals surface area contributed by atoms with E-state index in [1.165, 1.54) is 12.1 Å². The maximum absolute atomic E-state index is 10.9. The van der Waals surface area contributed by atoms with Gasteiger partial charge in [-0.15, -0.1) is 0 Å². The van der Waals surface area contributed by atoms with E-state index >= 15 is 0 Å². The number of fused-ring (bicyclic) bond motifs is 1. The molecule has 11 nitrogen and oxygen atoms in total. The maximum atomic E-state index is 10.9. The average molecular weight is 458 g/mol. The predicted molar refractivity (Wildman–Crippen MR) is 129 cm³/mol. The topological polar surface area (TPSA) is 122 Å². The average Bonchev–Trinajstić information content (AvgIpc) is 2.89. The van der Waals surface area contributed by atoms with Crippen LogP contribution in [0.4, 0.5) is 28.8 Å². The summed E-state index contributed by atoms with van der Waals surface area (Å²) in [5.41, 5.74) is 3.00. The Morgan fingerprint density at radius 3 is 2.26 bits per heavy atom. The highest BCUT2D eigenvalue weighted by Gasteiger charge is 2.22. The number of benzene rings is 2. The molecule has 1 N–H and O–H groups in total. The second-order valence-corrected chi connectivity index (χ2v) is 7.70. The van der Waals surface area contributed by atoms with Gasteiger partial charge in [-0.05, 0) is 36.4 Å². The highest BCUT2D eigenvalue weighted by Crippen LogP contribution is 2.26. The first-order valence-electron chi connectivity index (χ1n) is 10.7. The van der Waals surface area contributed by atoms with Crippen molar-refractivity contribution >= 4 is 40.0 Å². The van der Waals surface area contributed by atoms with Crippen molar-refractivity contribution in [2.75, 3.05) is 48.4 Å². The summed E-state index contributed by atoms with van der Waals surface area (Å²) >= 11 is 0. The van der Waals surface area contributed by atoms with Gasteiger partial charge < -0.3 is 19.9 Å². The lowest BCUT2D eigenvalue weighted by molar-refractivity contribution is -0.384. The largest absolute Gasteiger partial charge is 0.497 e. The van der Waals surface area contributed by atoms with Crippen LogP contribution in [-0.4, -0.2) is 58.1 Å². The third-order valence-electron chi connectivity index (χ3n) is 5.66. The molecule has 1 aliphatic heterocycles. The molecule has 2 aromatic heterocycles. The number of aromatic nitrogens is 4. The van der Waals surface area contributed by atoms with Crippen LogP contribution in [0.15, 0.2) is 60.9 Å². The molecule has 1 saturated heterocycles. The lowest BCUT2D eigenvalue weighted by atomic mass is 10.2. The summed E-state index contributed by atoms with van der Waals surface area (Å²) in [7, 11) is 1.63. The molecule has 0 unspecified atom stereocenters. The molecule has 2 aromatic carbocycles.